The lowest BCUT2D eigenvalue weighted by molar-refractivity contribution is -0.136. The number of thiol groups is 1. The predicted molar refractivity (Wildman–Crippen MR) is 158 cm³/mol. The Bertz CT molecular complexity index is 1670. The molecule has 3 amide bonds. The fourth-order valence-electron chi connectivity index (χ4n) is 6.12. The third-order valence-corrected chi connectivity index (χ3v) is 8.68. The number of imide groups is 1. The fraction of sp³-hybridized carbons (Fsp3) is 0.333. The van der Waals surface area contributed by atoms with Gasteiger partial charge in [-0.2, -0.15) is 0 Å². The molecule has 210 valence electrons. The number of carbonyl (C=O) groups is 3. The van der Waals surface area contributed by atoms with E-state index in [0.29, 0.717) is 40.4 Å². The first-order valence-electron chi connectivity index (χ1n) is 13.7. The lowest BCUT2D eigenvalue weighted by Crippen LogP contribution is -2.52. The maximum Gasteiger partial charge on any atom is 0.266 e. The number of benzene rings is 2. The van der Waals surface area contributed by atoms with Gasteiger partial charge in [0.15, 0.2) is 0 Å². The molecule has 2 aromatic carbocycles. The summed E-state index contributed by atoms with van der Waals surface area (Å²) in [5.41, 5.74) is 4.22. The lowest BCUT2D eigenvalue weighted by Gasteiger charge is -2.32. The lowest BCUT2D eigenvalue weighted by atomic mass is 9.87. The first-order chi connectivity index (χ1) is 19.8. The summed E-state index contributed by atoms with van der Waals surface area (Å²) in [5.74, 6) is -0.456. The van der Waals surface area contributed by atoms with Crippen molar-refractivity contribution >= 4 is 52.5 Å². The zero-order chi connectivity index (χ0) is 28.7. The Morgan fingerprint density at radius 3 is 2.63 bits per heavy atom. The topological polar surface area (TPSA) is 128 Å². The molecule has 1 unspecified atom stereocenters. The first kappa shape index (κ1) is 27.1. The molecule has 1 atom stereocenters. The number of fused-ring (bicyclic) bond motifs is 2. The number of nitrogens with zero attached hydrogens (tertiary/aromatic N) is 4. The number of likely N-dealkylation sites (tertiary alicyclic amines) is 1. The minimum Gasteiger partial charge on any atom is -0.322 e. The largest absolute Gasteiger partial charge is 0.322 e. The van der Waals surface area contributed by atoms with Gasteiger partial charge < -0.3 is 10.3 Å². The maximum absolute atomic E-state index is 13.0. The summed E-state index contributed by atoms with van der Waals surface area (Å²) in [7, 11) is 0. The van der Waals surface area contributed by atoms with E-state index in [1.54, 1.807) is 4.90 Å². The standard InChI is InChI=1S/C30H30N6O4S/c31-10-7-27(41)36-17-32-24-4-1-18(13-23(24)30(36)40)15-34-11-8-19(9-12-34)20-2-3-22-21(14-20)16-35(29(22)39)25-5-6-26(37)33-28(25)38/h1-4,7,10,13-14,17,19,25,31,41H,5-6,8-9,11-12,15-16H2,(H,33,37,38)/b27-7-,31-10?. The highest BCUT2D eigenvalue weighted by molar-refractivity contribution is 7.90. The average Bonchev–Trinajstić information content (AvgIpc) is 3.29. The van der Waals surface area contributed by atoms with Crippen LogP contribution in [-0.2, 0) is 22.7 Å². The van der Waals surface area contributed by atoms with E-state index in [2.05, 4.69) is 33.9 Å². The Hall–Kier alpha value is -4.09. The smallest absolute Gasteiger partial charge is 0.266 e. The highest BCUT2D eigenvalue weighted by Crippen LogP contribution is 2.34. The van der Waals surface area contributed by atoms with Gasteiger partial charge in [-0.15, -0.1) is 12.6 Å². The Morgan fingerprint density at radius 2 is 1.88 bits per heavy atom. The van der Waals surface area contributed by atoms with Gasteiger partial charge in [-0.3, -0.25) is 34.0 Å². The van der Waals surface area contributed by atoms with E-state index < -0.39 is 11.9 Å². The van der Waals surface area contributed by atoms with Crippen molar-refractivity contribution in [1.29, 1.82) is 5.41 Å². The molecule has 2 N–H and O–H groups in total. The van der Waals surface area contributed by atoms with Crippen LogP contribution in [0.4, 0.5) is 0 Å². The maximum atomic E-state index is 13.0. The van der Waals surface area contributed by atoms with Gasteiger partial charge in [-0.05, 0) is 79.2 Å². The first-order valence-corrected chi connectivity index (χ1v) is 14.2. The molecular weight excluding hydrogens is 540 g/mol. The van der Waals surface area contributed by atoms with Crippen LogP contribution in [0.15, 0.2) is 53.6 Å². The molecule has 11 heteroatoms. The van der Waals surface area contributed by atoms with E-state index in [1.165, 1.54) is 22.5 Å². The molecular formula is C30H30N6O4S. The Labute approximate surface area is 242 Å². The summed E-state index contributed by atoms with van der Waals surface area (Å²) >= 11 is 4.30. The molecule has 2 fully saturated rings. The molecule has 10 nitrogen and oxygen atoms in total. The Morgan fingerprint density at radius 1 is 1.07 bits per heavy atom. The summed E-state index contributed by atoms with van der Waals surface area (Å²) in [6.07, 6.45) is 6.49. The van der Waals surface area contributed by atoms with E-state index in [1.807, 2.05) is 30.3 Å². The van der Waals surface area contributed by atoms with Gasteiger partial charge in [0.1, 0.15) is 12.4 Å². The zero-order valence-corrected chi connectivity index (χ0v) is 23.3. The van der Waals surface area contributed by atoms with Crippen molar-refractivity contribution in [3.8, 4) is 0 Å². The van der Waals surface area contributed by atoms with Crippen molar-refractivity contribution in [2.24, 2.45) is 0 Å². The molecule has 0 spiro atoms. The molecule has 0 bridgehead atoms. The van der Waals surface area contributed by atoms with E-state index >= 15 is 0 Å². The second-order valence-corrected chi connectivity index (χ2v) is 11.3. The van der Waals surface area contributed by atoms with Crippen molar-refractivity contribution in [1.82, 2.24) is 24.7 Å². The molecule has 3 aromatic rings. The van der Waals surface area contributed by atoms with E-state index in [-0.39, 0.29) is 23.8 Å². The molecule has 2 saturated heterocycles. The van der Waals surface area contributed by atoms with Crippen LogP contribution in [0.3, 0.4) is 0 Å². The summed E-state index contributed by atoms with van der Waals surface area (Å²) in [5, 5.41) is 10.4. The number of piperidine rings is 2. The molecule has 6 rings (SSSR count). The highest BCUT2D eigenvalue weighted by atomic mass is 32.1. The Balaban J connectivity index is 1.11. The van der Waals surface area contributed by atoms with Gasteiger partial charge in [0.2, 0.25) is 11.8 Å². The number of aromatic nitrogens is 2. The molecule has 3 aliphatic rings. The number of nitrogens with one attached hydrogen (secondary N) is 2. The number of amides is 3. The molecule has 3 aliphatic heterocycles. The van der Waals surface area contributed by atoms with E-state index in [9.17, 15) is 19.2 Å². The van der Waals surface area contributed by atoms with Crippen molar-refractivity contribution in [2.75, 3.05) is 13.1 Å². The van der Waals surface area contributed by atoms with Crippen LogP contribution < -0.4 is 10.9 Å². The van der Waals surface area contributed by atoms with Crippen LogP contribution in [0.25, 0.3) is 15.9 Å². The monoisotopic (exact) mass is 570 g/mol. The normalized spacial score (nSPS) is 20.4. The molecule has 1 aromatic heterocycles. The van der Waals surface area contributed by atoms with Crippen LogP contribution in [-0.4, -0.2) is 62.4 Å². The van der Waals surface area contributed by atoms with E-state index in [0.717, 1.165) is 49.8 Å². The molecule has 0 saturated carbocycles. The van der Waals surface area contributed by atoms with Crippen LogP contribution >= 0.6 is 12.6 Å². The minimum atomic E-state index is -0.605. The number of carbonyl (C=O) groups excluding carboxylic acids is 3. The third kappa shape index (κ3) is 5.22. The van der Waals surface area contributed by atoms with Crippen molar-refractivity contribution in [2.45, 2.75) is 50.7 Å². The molecule has 41 heavy (non-hydrogen) atoms. The predicted octanol–water partition coefficient (Wildman–Crippen LogP) is 2.91. The second-order valence-electron chi connectivity index (χ2n) is 10.8. The van der Waals surface area contributed by atoms with E-state index in [4.69, 9.17) is 5.41 Å². The summed E-state index contributed by atoms with van der Waals surface area (Å²) in [6, 6.07) is 11.2. The SMILES string of the molecule is N=C/C=C(\S)n1cnc2ccc(CN3CCC(c4ccc5c(c4)CN(C4CCC(=O)NC4=O)C5=O)CC3)cc2c1=O. The average molecular weight is 571 g/mol. The molecule has 0 aliphatic carbocycles. The van der Waals surface area contributed by atoms with Crippen LogP contribution in [0.5, 0.6) is 0 Å². The number of hydrogen-bond donors (Lipinski definition) is 3. The molecule has 4 heterocycles. The minimum absolute atomic E-state index is 0.149. The highest BCUT2D eigenvalue weighted by Gasteiger charge is 2.39. The van der Waals surface area contributed by atoms with Crippen LogP contribution in [0, 0.1) is 5.41 Å². The fourth-order valence-corrected chi connectivity index (χ4v) is 6.33. The third-order valence-electron chi connectivity index (χ3n) is 8.31. The van der Waals surface area contributed by atoms with Gasteiger partial charge in [-0.1, -0.05) is 18.2 Å². The number of allylic oxidation sites excluding steroid dienone is 1. The van der Waals surface area contributed by atoms with Crippen LogP contribution in [0.2, 0.25) is 0 Å². The van der Waals surface area contributed by atoms with Gasteiger partial charge >= 0.3 is 0 Å². The molecule has 0 radical (unpaired) electrons. The van der Waals surface area contributed by atoms with Gasteiger partial charge in [0, 0.05) is 31.3 Å². The summed E-state index contributed by atoms with van der Waals surface area (Å²) in [6.45, 7) is 2.92. The van der Waals surface area contributed by atoms with Crippen LogP contribution in [0.1, 0.15) is 58.6 Å². The summed E-state index contributed by atoms with van der Waals surface area (Å²) in [4.78, 5) is 58.3. The number of hydrogen-bond acceptors (Lipinski definition) is 8. The van der Waals surface area contributed by atoms with Gasteiger partial charge in [-0.25, -0.2) is 4.98 Å². The zero-order valence-electron chi connectivity index (χ0n) is 22.4. The van der Waals surface area contributed by atoms with Gasteiger partial charge in [0.05, 0.1) is 15.9 Å². The van der Waals surface area contributed by atoms with Gasteiger partial charge in [0.25, 0.3) is 11.5 Å². The van der Waals surface area contributed by atoms with Crippen molar-refractivity contribution < 1.29 is 14.4 Å². The Kier molecular flexibility index (Phi) is 7.31. The number of rotatable bonds is 6. The van der Waals surface area contributed by atoms with Crippen molar-refractivity contribution in [3.63, 3.8) is 0 Å². The summed E-state index contributed by atoms with van der Waals surface area (Å²) < 4.78 is 1.33. The second kappa shape index (κ2) is 11.1. The quantitative estimate of drug-likeness (QED) is 0.238. The van der Waals surface area contributed by atoms with Crippen molar-refractivity contribution in [3.05, 3.63) is 81.4 Å².